The van der Waals surface area contributed by atoms with E-state index in [1.165, 1.54) is 33.5 Å². The maximum Gasteiger partial charge on any atom is 0.240 e. The van der Waals surface area contributed by atoms with E-state index in [-0.39, 0.29) is 11.8 Å². The first-order chi connectivity index (χ1) is 16.3. The molecule has 0 aromatic carbocycles. The highest BCUT2D eigenvalue weighted by atomic mass is 35.5. The summed E-state index contributed by atoms with van der Waals surface area (Å²) in [6.45, 7) is 2.09. The Hall–Kier alpha value is -2.83. The third-order valence-electron chi connectivity index (χ3n) is 5.88. The smallest absolute Gasteiger partial charge is 0.240 e. The van der Waals surface area contributed by atoms with Crippen LogP contribution in [0.2, 0.25) is 5.02 Å². The fourth-order valence-electron chi connectivity index (χ4n) is 3.69. The molecule has 11 nitrogen and oxygen atoms in total. The SMILES string of the molecule is COc1cccc(-c2nnc(NS(=O)(=O)[C@@H](C)[C@H](OC)c3ncc(Cl)cn3)n2CC2CCC2)n1. The van der Waals surface area contributed by atoms with Gasteiger partial charge in [-0.15, -0.1) is 10.2 Å². The number of ether oxygens (including phenoxy) is 2. The number of hydrogen-bond donors (Lipinski definition) is 1. The first-order valence-electron chi connectivity index (χ1n) is 10.8. The summed E-state index contributed by atoms with van der Waals surface area (Å²) in [5.74, 6) is 1.63. The third kappa shape index (κ3) is 5.13. The molecule has 0 amide bonds. The van der Waals surface area contributed by atoms with Gasteiger partial charge in [0, 0.05) is 32.1 Å². The molecule has 1 aliphatic rings. The lowest BCUT2D eigenvalue weighted by Crippen LogP contribution is -2.34. The topological polar surface area (TPSA) is 134 Å². The number of nitrogens with zero attached hydrogens (tertiary/aromatic N) is 6. The minimum Gasteiger partial charge on any atom is -0.481 e. The van der Waals surface area contributed by atoms with Crippen LogP contribution in [-0.2, 0) is 21.3 Å². The first kappa shape index (κ1) is 24.3. The molecule has 182 valence electrons. The molecule has 34 heavy (non-hydrogen) atoms. The zero-order chi connectivity index (χ0) is 24.3. The van der Waals surface area contributed by atoms with Gasteiger partial charge in [0.05, 0.1) is 12.1 Å². The van der Waals surface area contributed by atoms with Crippen LogP contribution >= 0.6 is 11.6 Å². The van der Waals surface area contributed by atoms with Gasteiger partial charge < -0.3 is 9.47 Å². The van der Waals surface area contributed by atoms with Crippen molar-refractivity contribution in [1.82, 2.24) is 29.7 Å². The van der Waals surface area contributed by atoms with Gasteiger partial charge in [-0.1, -0.05) is 24.1 Å². The molecule has 1 fully saturated rings. The average molecular weight is 508 g/mol. The molecule has 4 rings (SSSR count). The van der Waals surface area contributed by atoms with E-state index in [1.807, 2.05) is 0 Å². The molecule has 0 unspecified atom stereocenters. The largest absolute Gasteiger partial charge is 0.481 e. The van der Waals surface area contributed by atoms with Gasteiger partial charge in [0.2, 0.25) is 21.9 Å². The molecule has 0 saturated heterocycles. The number of hydrogen-bond acceptors (Lipinski definition) is 9. The van der Waals surface area contributed by atoms with Crippen LogP contribution in [0.4, 0.5) is 5.95 Å². The molecule has 3 aromatic heterocycles. The predicted octanol–water partition coefficient (Wildman–Crippen LogP) is 3.11. The minimum atomic E-state index is -3.97. The number of aromatic nitrogens is 6. The van der Waals surface area contributed by atoms with Gasteiger partial charge in [-0.05, 0) is 31.7 Å². The summed E-state index contributed by atoms with van der Waals surface area (Å²) in [6.07, 6.45) is 5.14. The Balaban J connectivity index is 1.65. The number of nitrogens with one attached hydrogen (secondary N) is 1. The van der Waals surface area contributed by atoms with E-state index in [0.29, 0.717) is 34.9 Å². The molecular weight excluding hydrogens is 482 g/mol. The highest BCUT2D eigenvalue weighted by Crippen LogP contribution is 2.32. The molecule has 0 aliphatic heterocycles. The van der Waals surface area contributed by atoms with Crippen molar-refractivity contribution < 1.29 is 17.9 Å². The van der Waals surface area contributed by atoms with Gasteiger partial charge in [-0.2, -0.15) is 0 Å². The zero-order valence-corrected chi connectivity index (χ0v) is 20.6. The van der Waals surface area contributed by atoms with Crippen molar-refractivity contribution in [3.63, 3.8) is 0 Å². The van der Waals surface area contributed by atoms with Crippen molar-refractivity contribution >= 4 is 27.6 Å². The highest BCUT2D eigenvalue weighted by molar-refractivity contribution is 7.93. The van der Waals surface area contributed by atoms with Crippen LogP contribution in [0.5, 0.6) is 5.88 Å². The van der Waals surface area contributed by atoms with E-state index in [9.17, 15) is 8.42 Å². The fourth-order valence-corrected chi connectivity index (χ4v) is 4.93. The Bertz CT molecular complexity index is 1230. The van der Waals surface area contributed by atoms with Crippen LogP contribution in [0.15, 0.2) is 30.6 Å². The number of anilines is 1. The summed E-state index contributed by atoms with van der Waals surface area (Å²) in [5, 5.41) is 7.70. The second-order valence-corrected chi connectivity index (χ2v) is 10.6. The summed E-state index contributed by atoms with van der Waals surface area (Å²) in [5.41, 5.74) is 0.536. The standard InChI is InChI=1S/C21H26ClN7O4S/c1-13(18(33-3)19-23-10-15(22)11-24-19)34(30,31)28-21-27-26-20(29(21)12-14-6-4-7-14)16-8-5-9-17(25-16)32-2/h5,8-11,13-14,18H,4,6-7,12H2,1-3H3,(H,27,28)/t13-,18-/m0/s1. The van der Waals surface area contributed by atoms with Crippen LogP contribution in [0.1, 0.15) is 38.1 Å². The fraction of sp³-hybridized carbons (Fsp3) is 0.476. The van der Waals surface area contributed by atoms with Crippen molar-refractivity contribution in [3.8, 4) is 17.4 Å². The van der Waals surface area contributed by atoms with E-state index in [2.05, 4.69) is 29.9 Å². The summed E-state index contributed by atoms with van der Waals surface area (Å²) in [4.78, 5) is 12.7. The third-order valence-corrected chi connectivity index (χ3v) is 7.76. The molecule has 1 saturated carbocycles. The molecule has 3 aromatic rings. The van der Waals surface area contributed by atoms with Crippen LogP contribution in [0.3, 0.4) is 0 Å². The number of pyridine rings is 1. The van der Waals surface area contributed by atoms with Gasteiger partial charge in [0.15, 0.2) is 11.6 Å². The molecule has 2 atom stereocenters. The van der Waals surface area contributed by atoms with Gasteiger partial charge in [0.1, 0.15) is 17.0 Å². The normalized spacial score (nSPS) is 16.0. The van der Waals surface area contributed by atoms with E-state index >= 15 is 0 Å². The number of rotatable bonds is 10. The van der Waals surface area contributed by atoms with Crippen LogP contribution < -0.4 is 9.46 Å². The Kier molecular flexibility index (Phi) is 7.29. The van der Waals surface area contributed by atoms with Crippen molar-refractivity contribution in [1.29, 1.82) is 0 Å². The Morgan fingerprint density at radius 1 is 1.21 bits per heavy atom. The summed E-state index contributed by atoms with van der Waals surface area (Å²) >= 11 is 5.86. The lowest BCUT2D eigenvalue weighted by molar-refractivity contribution is 0.0950. The second kappa shape index (κ2) is 10.2. The summed E-state index contributed by atoms with van der Waals surface area (Å²) < 4.78 is 41.6. The van der Waals surface area contributed by atoms with Crippen LogP contribution in [0, 0.1) is 5.92 Å². The molecule has 1 aliphatic carbocycles. The first-order valence-corrected chi connectivity index (χ1v) is 12.7. The molecule has 3 heterocycles. The van der Waals surface area contributed by atoms with E-state index in [4.69, 9.17) is 21.1 Å². The minimum absolute atomic E-state index is 0.116. The predicted molar refractivity (Wildman–Crippen MR) is 126 cm³/mol. The van der Waals surface area contributed by atoms with Crippen molar-refractivity contribution in [2.75, 3.05) is 18.9 Å². The Morgan fingerprint density at radius 3 is 2.56 bits per heavy atom. The second-order valence-electron chi connectivity index (χ2n) is 8.09. The van der Waals surface area contributed by atoms with Gasteiger partial charge in [-0.25, -0.2) is 23.4 Å². The Morgan fingerprint density at radius 2 is 1.94 bits per heavy atom. The number of sulfonamides is 1. The molecule has 13 heteroatoms. The summed E-state index contributed by atoms with van der Waals surface area (Å²) in [7, 11) is -1.03. The average Bonchev–Trinajstić information content (AvgIpc) is 3.19. The molecule has 0 spiro atoms. The van der Waals surface area contributed by atoms with Crippen LogP contribution in [0.25, 0.3) is 11.5 Å². The molecule has 1 N–H and O–H groups in total. The zero-order valence-electron chi connectivity index (χ0n) is 19.0. The maximum absolute atomic E-state index is 13.3. The molecule has 0 bridgehead atoms. The summed E-state index contributed by atoms with van der Waals surface area (Å²) in [6, 6.07) is 5.31. The number of halogens is 1. The maximum atomic E-state index is 13.3. The highest BCUT2D eigenvalue weighted by Gasteiger charge is 2.34. The van der Waals surface area contributed by atoms with Gasteiger partial charge in [-0.3, -0.25) is 9.29 Å². The van der Waals surface area contributed by atoms with Gasteiger partial charge >= 0.3 is 0 Å². The van der Waals surface area contributed by atoms with Crippen molar-refractivity contribution in [2.45, 2.75) is 44.1 Å². The molecule has 0 radical (unpaired) electrons. The van der Waals surface area contributed by atoms with Crippen molar-refractivity contribution in [3.05, 3.63) is 41.4 Å². The van der Waals surface area contributed by atoms with E-state index in [0.717, 1.165) is 19.3 Å². The lowest BCUT2D eigenvalue weighted by Gasteiger charge is -2.27. The number of methoxy groups -OCH3 is 2. The lowest BCUT2D eigenvalue weighted by atomic mass is 9.85. The van der Waals surface area contributed by atoms with Crippen molar-refractivity contribution in [2.24, 2.45) is 5.92 Å². The molecular formula is C21H26ClN7O4S. The van der Waals surface area contributed by atoms with E-state index in [1.54, 1.807) is 22.8 Å². The Labute approximate surface area is 203 Å². The van der Waals surface area contributed by atoms with Crippen LogP contribution in [-0.4, -0.2) is 57.6 Å². The monoisotopic (exact) mass is 507 g/mol. The van der Waals surface area contributed by atoms with Gasteiger partial charge in [0.25, 0.3) is 0 Å². The quantitative estimate of drug-likeness (QED) is 0.439. The van der Waals surface area contributed by atoms with E-state index < -0.39 is 21.4 Å².